The molecule has 2 N–H and O–H groups in total. The van der Waals surface area contributed by atoms with Crippen molar-refractivity contribution < 1.29 is 9.53 Å². The third-order valence-electron chi connectivity index (χ3n) is 3.32. The van der Waals surface area contributed by atoms with E-state index in [-0.39, 0.29) is 12.1 Å². The number of likely N-dealkylation sites (tertiary alicyclic amines) is 1. The van der Waals surface area contributed by atoms with Crippen molar-refractivity contribution >= 4 is 6.03 Å². The number of nitrogens with one attached hydrogen (secondary N) is 2. The van der Waals surface area contributed by atoms with Gasteiger partial charge in [-0.05, 0) is 39.4 Å². The summed E-state index contributed by atoms with van der Waals surface area (Å²) in [6.07, 6.45) is 3.02. The van der Waals surface area contributed by atoms with E-state index in [1.807, 2.05) is 0 Å². The molecule has 1 atom stereocenters. The first-order chi connectivity index (χ1) is 7.74. The zero-order valence-electron chi connectivity index (χ0n) is 9.87. The quantitative estimate of drug-likeness (QED) is 0.707. The van der Waals surface area contributed by atoms with Gasteiger partial charge in [-0.15, -0.1) is 0 Å². The lowest BCUT2D eigenvalue weighted by molar-refractivity contribution is 0.186. The molecule has 92 valence electrons. The highest BCUT2D eigenvalue weighted by Crippen LogP contribution is 2.08. The van der Waals surface area contributed by atoms with Crippen molar-refractivity contribution in [2.45, 2.75) is 31.3 Å². The van der Waals surface area contributed by atoms with Crippen LogP contribution >= 0.6 is 0 Å². The molecule has 0 aromatic rings. The maximum absolute atomic E-state index is 11.7. The van der Waals surface area contributed by atoms with E-state index >= 15 is 0 Å². The Balaban J connectivity index is 1.66. The van der Waals surface area contributed by atoms with Gasteiger partial charge in [0.1, 0.15) is 0 Å². The summed E-state index contributed by atoms with van der Waals surface area (Å²) in [5.41, 5.74) is 0. The van der Waals surface area contributed by atoms with Gasteiger partial charge in [-0.2, -0.15) is 0 Å². The minimum atomic E-state index is -0.0370. The van der Waals surface area contributed by atoms with Crippen molar-refractivity contribution in [2.75, 3.05) is 33.4 Å². The predicted molar refractivity (Wildman–Crippen MR) is 61.4 cm³/mol. The van der Waals surface area contributed by atoms with Crippen LogP contribution in [0.5, 0.6) is 0 Å². The SMILES string of the molecule is CN1CCC(NC(=O)NC2CCOC2)CC1. The van der Waals surface area contributed by atoms with Crippen LogP contribution in [0.2, 0.25) is 0 Å². The summed E-state index contributed by atoms with van der Waals surface area (Å²) in [6.45, 7) is 3.55. The second-order valence-electron chi connectivity index (χ2n) is 4.76. The molecule has 5 heteroatoms. The molecule has 0 radical (unpaired) electrons. The number of hydrogen-bond donors (Lipinski definition) is 2. The Bertz CT molecular complexity index is 233. The lowest BCUT2D eigenvalue weighted by atomic mass is 10.1. The Morgan fingerprint density at radius 2 is 1.88 bits per heavy atom. The summed E-state index contributed by atoms with van der Waals surface area (Å²) >= 11 is 0. The van der Waals surface area contributed by atoms with Crippen LogP contribution in [0.1, 0.15) is 19.3 Å². The Hall–Kier alpha value is -0.810. The number of urea groups is 1. The lowest BCUT2D eigenvalue weighted by Gasteiger charge is -2.29. The van der Waals surface area contributed by atoms with Gasteiger partial charge in [0, 0.05) is 12.6 Å². The van der Waals surface area contributed by atoms with Crippen LogP contribution in [-0.4, -0.2) is 56.4 Å². The first-order valence-electron chi connectivity index (χ1n) is 6.07. The molecular formula is C11H21N3O2. The zero-order valence-corrected chi connectivity index (χ0v) is 9.87. The number of amides is 2. The van der Waals surface area contributed by atoms with E-state index in [0.29, 0.717) is 12.6 Å². The standard InChI is InChI=1S/C11H21N3O2/c1-14-5-2-9(3-6-14)12-11(15)13-10-4-7-16-8-10/h9-10H,2-8H2,1H3,(H2,12,13,15). The minimum absolute atomic E-state index is 0.0370. The number of hydrogen-bond acceptors (Lipinski definition) is 3. The largest absolute Gasteiger partial charge is 0.379 e. The average Bonchev–Trinajstić information content (AvgIpc) is 2.74. The Morgan fingerprint density at radius 3 is 2.50 bits per heavy atom. The van der Waals surface area contributed by atoms with Gasteiger partial charge in [-0.1, -0.05) is 0 Å². The van der Waals surface area contributed by atoms with Crippen LogP contribution in [0.15, 0.2) is 0 Å². The molecule has 0 aromatic carbocycles. The fraction of sp³-hybridized carbons (Fsp3) is 0.909. The molecule has 2 fully saturated rings. The van der Waals surface area contributed by atoms with Crippen molar-refractivity contribution in [3.8, 4) is 0 Å². The van der Waals surface area contributed by atoms with E-state index in [9.17, 15) is 4.79 Å². The van der Waals surface area contributed by atoms with Crippen molar-refractivity contribution in [1.29, 1.82) is 0 Å². The molecule has 0 aromatic heterocycles. The van der Waals surface area contributed by atoms with Gasteiger partial charge in [0.05, 0.1) is 12.6 Å². The van der Waals surface area contributed by atoms with Crippen LogP contribution in [0.25, 0.3) is 0 Å². The summed E-state index contributed by atoms with van der Waals surface area (Å²) in [5.74, 6) is 0. The second-order valence-corrected chi connectivity index (χ2v) is 4.76. The van der Waals surface area contributed by atoms with Gasteiger partial charge >= 0.3 is 6.03 Å². The Kier molecular flexibility index (Phi) is 4.01. The molecule has 2 heterocycles. The molecule has 0 spiro atoms. The molecule has 2 amide bonds. The van der Waals surface area contributed by atoms with E-state index in [4.69, 9.17) is 4.74 Å². The van der Waals surface area contributed by atoms with Crippen LogP contribution in [0.4, 0.5) is 4.79 Å². The van der Waals surface area contributed by atoms with E-state index in [1.54, 1.807) is 0 Å². The molecule has 2 rings (SSSR count). The molecule has 2 saturated heterocycles. The molecule has 0 aliphatic carbocycles. The molecule has 16 heavy (non-hydrogen) atoms. The Morgan fingerprint density at radius 1 is 1.19 bits per heavy atom. The van der Waals surface area contributed by atoms with Gasteiger partial charge in [-0.25, -0.2) is 4.79 Å². The molecule has 0 saturated carbocycles. The van der Waals surface area contributed by atoms with Crippen molar-refractivity contribution in [1.82, 2.24) is 15.5 Å². The van der Waals surface area contributed by atoms with Crippen molar-refractivity contribution in [3.63, 3.8) is 0 Å². The number of piperidine rings is 1. The van der Waals surface area contributed by atoms with Gasteiger partial charge in [0.2, 0.25) is 0 Å². The second kappa shape index (κ2) is 5.50. The first kappa shape index (κ1) is 11.7. The fourth-order valence-electron chi connectivity index (χ4n) is 2.21. The van der Waals surface area contributed by atoms with Crippen molar-refractivity contribution in [3.05, 3.63) is 0 Å². The smallest absolute Gasteiger partial charge is 0.315 e. The normalized spacial score (nSPS) is 27.9. The molecule has 2 aliphatic heterocycles. The van der Waals surface area contributed by atoms with Crippen LogP contribution in [0, 0.1) is 0 Å². The maximum Gasteiger partial charge on any atom is 0.315 e. The number of nitrogens with zero attached hydrogens (tertiary/aromatic N) is 1. The summed E-state index contributed by atoms with van der Waals surface area (Å²) in [5, 5.41) is 5.98. The number of ether oxygens (including phenoxy) is 1. The monoisotopic (exact) mass is 227 g/mol. The van der Waals surface area contributed by atoms with Gasteiger partial charge in [-0.3, -0.25) is 0 Å². The molecule has 1 unspecified atom stereocenters. The summed E-state index contributed by atoms with van der Waals surface area (Å²) in [7, 11) is 2.12. The van der Waals surface area contributed by atoms with Gasteiger partial charge < -0.3 is 20.3 Å². The summed E-state index contributed by atoms with van der Waals surface area (Å²) in [4.78, 5) is 13.9. The van der Waals surface area contributed by atoms with E-state index in [1.165, 1.54) is 0 Å². The maximum atomic E-state index is 11.7. The van der Waals surface area contributed by atoms with Crippen molar-refractivity contribution in [2.24, 2.45) is 0 Å². The lowest BCUT2D eigenvalue weighted by Crippen LogP contribution is -2.49. The highest BCUT2D eigenvalue weighted by atomic mass is 16.5. The van der Waals surface area contributed by atoms with Gasteiger partial charge in [0.25, 0.3) is 0 Å². The van der Waals surface area contributed by atoms with Crippen LogP contribution in [-0.2, 0) is 4.74 Å². The number of carbonyl (C=O) groups is 1. The number of carbonyl (C=O) groups excluding carboxylic acids is 1. The predicted octanol–water partition coefficient (Wildman–Crippen LogP) is 0.169. The summed E-state index contributed by atoms with van der Waals surface area (Å²) in [6, 6.07) is 0.495. The van der Waals surface area contributed by atoms with Crippen LogP contribution in [0.3, 0.4) is 0 Å². The minimum Gasteiger partial charge on any atom is -0.379 e. The summed E-state index contributed by atoms with van der Waals surface area (Å²) < 4.78 is 5.21. The zero-order chi connectivity index (χ0) is 11.4. The third-order valence-corrected chi connectivity index (χ3v) is 3.32. The third kappa shape index (κ3) is 3.35. The fourth-order valence-corrected chi connectivity index (χ4v) is 2.21. The van der Waals surface area contributed by atoms with Gasteiger partial charge in [0.15, 0.2) is 0 Å². The molecule has 2 aliphatic rings. The van der Waals surface area contributed by atoms with Crippen LogP contribution < -0.4 is 10.6 Å². The van der Waals surface area contributed by atoms with E-state index < -0.39 is 0 Å². The molecule has 0 bridgehead atoms. The average molecular weight is 227 g/mol. The highest BCUT2D eigenvalue weighted by molar-refractivity contribution is 5.74. The molecular weight excluding hydrogens is 206 g/mol. The van der Waals surface area contributed by atoms with E-state index in [2.05, 4.69) is 22.6 Å². The van der Waals surface area contributed by atoms with E-state index in [0.717, 1.165) is 39.0 Å². The first-order valence-corrected chi connectivity index (χ1v) is 6.07. The number of rotatable bonds is 2. The Labute approximate surface area is 96.5 Å². The molecule has 5 nitrogen and oxygen atoms in total. The highest BCUT2D eigenvalue weighted by Gasteiger charge is 2.21. The topological polar surface area (TPSA) is 53.6 Å².